The minimum atomic E-state index is -0.00815. The summed E-state index contributed by atoms with van der Waals surface area (Å²) in [4.78, 5) is 13.0. The Morgan fingerprint density at radius 1 is 1.14 bits per heavy atom. The van der Waals surface area contributed by atoms with Crippen molar-refractivity contribution in [1.82, 2.24) is 5.32 Å². The van der Waals surface area contributed by atoms with Crippen molar-refractivity contribution < 1.29 is 4.79 Å². The summed E-state index contributed by atoms with van der Waals surface area (Å²) >= 11 is 4.95. The molecule has 0 aromatic heterocycles. The average molecular weight is 365 g/mol. The third-order valence-corrected chi connectivity index (χ3v) is 4.53. The van der Waals surface area contributed by atoms with E-state index in [1.54, 1.807) is 0 Å². The van der Waals surface area contributed by atoms with Crippen LogP contribution >= 0.6 is 27.7 Å². The first-order chi connectivity index (χ1) is 10.2. The number of para-hydroxylation sites is 1. The zero-order chi connectivity index (χ0) is 15.1. The summed E-state index contributed by atoms with van der Waals surface area (Å²) in [7, 11) is 1.93. The van der Waals surface area contributed by atoms with Crippen LogP contribution in [0.1, 0.15) is 5.56 Å². The fourth-order valence-corrected chi connectivity index (χ4v) is 2.89. The lowest BCUT2D eigenvalue weighted by Crippen LogP contribution is -2.14. The first kappa shape index (κ1) is 16.1. The van der Waals surface area contributed by atoms with Crippen LogP contribution in [-0.2, 0) is 11.3 Å². The highest BCUT2D eigenvalue weighted by atomic mass is 79.9. The zero-order valence-electron chi connectivity index (χ0n) is 11.7. The molecular formula is C16H17BrN2OS. The van der Waals surface area contributed by atoms with Gasteiger partial charge in [0.1, 0.15) is 0 Å². The van der Waals surface area contributed by atoms with E-state index in [1.165, 1.54) is 17.3 Å². The Morgan fingerprint density at radius 2 is 1.86 bits per heavy atom. The Hall–Kier alpha value is -1.30. The van der Waals surface area contributed by atoms with E-state index in [9.17, 15) is 4.79 Å². The van der Waals surface area contributed by atoms with Crippen molar-refractivity contribution in [3.05, 3.63) is 58.6 Å². The molecule has 2 aromatic rings. The van der Waals surface area contributed by atoms with Crippen molar-refractivity contribution in [1.29, 1.82) is 0 Å². The van der Waals surface area contributed by atoms with Crippen LogP contribution < -0.4 is 10.6 Å². The Balaban J connectivity index is 1.85. The molecule has 5 heteroatoms. The van der Waals surface area contributed by atoms with Gasteiger partial charge >= 0.3 is 0 Å². The maximum Gasteiger partial charge on any atom is 0.234 e. The van der Waals surface area contributed by atoms with Gasteiger partial charge in [-0.25, -0.2) is 0 Å². The van der Waals surface area contributed by atoms with Gasteiger partial charge in [-0.1, -0.05) is 24.3 Å². The van der Waals surface area contributed by atoms with Crippen molar-refractivity contribution >= 4 is 39.3 Å². The number of hydrogen-bond donors (Lipinski definition) is 2. The maximum atomic E-state index is 11.9. The second-order valence-electron chi connectivity index (χ2n) is 4.49. The predicted octanol–water partition coefficient (Wildman–Crippen LogP) is 3.90. The topological polar surface area (TPSA) is 41.1 Å². The smallest absolute Gasteiger partial charge is 0.234 e. The summed E-state index contributed by atoms with van der Waals surface area (Å²) < 4.78 is 0.889. The number of carbonyl (C=O) groups is 1. The van der Waals surface area contributed by atoms with E-state index in [2.05, 4.69) is 38.7 Å². The van der Waals surface area contributed by atoms with Gasteiger partial charge in [-0.2, -0.15) is 0 Å². The highest BCUT2D eigenvalue weighted by Crippen LogP contribution is 2.23. The normalized spacial score (nSPS) is 10.4. The first-order valence-corrected chi connectivity index (χ1v) is 8.37. The van der Waals surface area contributed by atoms with Crippen LogP contribution in [0.4, 0.5) is 5.69 Å². The van der Waals surface area contributed by atoms with Crippen LogP contribution in [-0.4, -0.2) is 18.7 Å². The summed E-state index contributed by atoms with van der Waals surface area (Å²) in [5, 5.41) is 6.01. The van der Waals surface area contributed by atoms with Crippen molar-refractivity contribution in [3.8, 4) is 0 Å². The van der Waals surface area contributed by atoms with Crippen LogP contribution in [0.2, 0.25) is 0 Å². The van der Waals surface area contributed by atoms with E-state index in [-0.39, 0.29) is 5.91 Å². The number of thioether (sulfide) groups is 1. The standard InChI is InChI=1S/C16H17BrN2OS/c1-18-10-12-6-8-13(9-7-12)21-11-16(20)19-15-5-3-2-4-14(15)17/h2-9,18H,10-11H2,1H3,(H,19,20). The summed E-state index contributed by atoms with van der Waals surface area (Å²) in [6.07, 6.45) is 0. The second kappa shape index (κ2) is 8.22. The molecule has 2 rings (SSSR count). The summed E-state index contributed by atoms with van der Waals surface area (Å²) in [6.45, 7) is 0.855. The van der Waals surface area contributed by atoms with Crippen LogP contribution in [0.5, 0.6) is 0 Å². The maximum absolute atomic E-state index is 11.9. The Morgan fingerprint density at radius 3 is 2.52 bits per heavy atom. The van der Waals surface area contributed by atoms with Gasteiger partial charge in [0, 0.05) is 15.9 Å². The average Bonchev–Trinajstić information content (AvgIpc) is 2.49. The molecule has 2 aromatic carbocycles. The molecule has 0 heterocycles. The highest BCUT2D eigenvalue weighted by Gasteiger charge is 2.06. The van der Waals surface area contributed by atoms with Gasteiger partial charge in [0.2, 0.25) is 5.91 Å². The molecule has 21 heavy (non-hydrogen) atoms. The molecule has 1 amide bonds. The number of rotatable bonds is 6. The number of benzene rings is 2. The Kier molecular flexibility index (Phi) is 6.29. The molecule has 0 aliphatic heterocycles. The minimum absolute atomic E-state index is 0.00815. The molecule has 0 bridgehead atoms. The summed E-state index contributed by atoms with van der Waals surface area (Å²) in [6, 6.07) is 15.8. The zero-order valence-corrected chi connectivity index (χ0v) is 14.1. The van der Waals surface area contributed by atoms with Gasteiger partial charge in [0.15, 0.2) is 0 Å². The number of hydrogen-bond acceptors (Lipinski definition) is 3. The van der Waals surface area contributed by atoms with E-state index < -0.39 is 0 Å². The molecular weight excluding hydrogens is 348 g/mol. The van der Waals surface area contributed by atoms with Gasteiger partial charge < -0.3 is 10.6 Å². The number of amides is 1. The first-order valence-electron chi connectivity index (χ1n) is 6.60. The third-order valence-electron chi connectivity index (χ3n) is 2.82. The van der Waals surface area contributed by atoms with Gasteiger partial charge in [-0.05, 0) is 52.8 Å². The quantitative estimate of drug-likeness (QED) is 0.763. The lowest BCUT2D eigenvalue weighted by Gasteiger charge is -2.07. The van der Waals surface area contributed by atoms with Crippen LogP contribution in [0.3, 0.4) is 0 Å². The van der Waals surface area contributed by atoms with Crippen LogP contribution in [0.25, 0.3) is 0 Å². The fourth-order valence-electron chi connectivity index (χ4n) is 1.81. The monoisotopic (exact) mass is 364 g/mol. The van der Waals surface area contributed by atoms with E-state index in [0.717, 1.165) is 21.6 Å². The third kappa shape index (κ3) is 5.19. The molecule has 0 radical (unpaired) electrons. The van der Waals surface area contributed by atoms with Gasteiger partial charge in [-0.15, -0.1) is 11.8 Å². The molecule has 0 fully saturated rings. The van der Waals surface area contributed by atoms with E-state index in [0.29, 0.717) is 5.75 Å². The van der Waals surface area contributed by atoms with E-state index in [4.69, 9.17) is 0 Å². The molecule has 110 valence electrons. The summed E-state index contributed by atoms with van der Waals surface area (Å²) in [5.74, 6) is 0.387. The molecule has 0 unspecified atom stereocenters. The second-order valence-corrected chi connectivity index (χ2v) is 6.39. The Bertz CT molecular complexity index is 601. The minimum Gasteiger partial charge on any atom is -0.324 e. The molecule has 0 saturated heterocycles. The Labute approximate surface area is 137 Å². The highest BCUT2D eigenvalue weighted by molar-refractivity contribution is 9.10. The SMILES string of the molecule is CNCc1ccc(SCC(=O)Nc2ccccc2Br)cc1. The molecule has 3 nitrogen and oxygen atoms in total. The molecule has 0 aliphatic carbocycles. The molecule has 0 atom stereocenters. The number of anilines is 1. The van der Waals surface area contributed by atoms with Gasteiger partial charge in [-0.3, -0.25) is 4.79 Å². The van der Waals surface area contributed by atoms with Crippen LogP contribution in [0.15, 0.2) is 57.9 Å². The molecule has 0 spiro atoms. The molecule has 0 saturated carbocycles. The number of halogens is 1. The van der Waals surface area contributed by atoms with Crippen molar-refractivity contribution in [2.45, 2.75) is 11.4 Å². The van der Waals surface area contributed by atoms with E-state index in [1.807, 2.05) is 43.4 Å². The van der Waals surface area contributed by atoms with Crippen molar-refractivity contribution in [2.75, 3.05) is 18.1 Å². The van der Waals surface area contributed by atoms with Gasteiger partial charge in [0.05, 0.1) is 11.4 Å². The summed E-state index contributed by atoms with van der Waals surface area (Å²) in [5.41, 5.74) is 2.03. The van der Waals surface area contributed by atoms with Crippen molar-refractivity contribution in [3.63, 3.8) is 0 Å². The number of nitrogens with one attached hydrogen (secondary N) is 2. The fraction of sp³-hybridized carbons (Fsp3) is 0.188. The van der Waals surface area contributed by atoms with Gasteiger partial charge in [0.25, 0.3) is 0 Å². The van der Waals surface area contributed by atoms with E-state index >= 15 is 0 Å². The molecule has 0 aliphatic rings. The van der Waals surface area contributed by atoms with Crippen molar-refractivity contribution in [2.24, 2.45) is 0 Å². The lowest BCUT2D eigenvalue weighted by atomic mass is 10.2. The number of carbonyl (C=O) groups excluding carboxylic acids is 1. The largest absolute Gasteiger partial charge is 0.324 e. The molecule has 2 N–H and O–H groups in total. The van der Waals surface area contributed by atoms with Crippen LogP contribution in [0, 0.1) is 0 Å². The lowest BCUT2D eigenvalue weighted by molar-refractivity contribution is -0.113. The predicted molar refractivity (Wildman–Crippen MR) is 92.7 cm³/mol.